The molecule has 5 rings (SSSR count). The van der Waals surface area contributed by atoms with E-state index in [4.69, 9.17) is 9.47 Å². The number of para-hydroxylation sites is 2. The summed E-state index contributed by atoms with van der Waals surface area (Å²) >= 11 is 0. The number of carbonyl (C=O) groups excluding carboxylic acids is 1. The van der Waals surface area contributed by atoms with Crippen LogP contribution in [0.2, 0.25) is 0 Å². The quantitative estimate of drug-likeness (QED) is 0.495. The Bertz CT molecular complexity index is 1350. The van der Waals surface area contributed by atoms with Crippen molar-refractivity contribution in [3.8, 4) is 11.5 Å². The van der Waals surface area contributed by atoms with Gasteiger partial charge in [-0.25, -0.2) is 8.42 Å². The van der Waals surface area contributed by atoms with E-state index in [1.165, 1.54) is 4.31 Å². The van der Waals surface area contributed by atoms with E-state index < -0.39 is 15.9 Å². The zero-order valence-electron chi connectivity index (χ0n) is 21.0. The second-order valence-corrected chi connectivity index (χ2v) is 10.9. The first-order valence-corrected chi connectivity index (χ1v) is 14.0. The molecule has 0 unspecified atom stereocenters. The van der Waals surface area contributed by atoms with Gasteiger partial charge in [0.1, 0.15) is 11.5 Å². The summed E-state index contributed by atoms with van der Waals surface area (Å²) in [6.07, 6.45) is 0. The van der Waals surface area contributed by atoms with Crippen molar-refractivity contribution >= 4 is 27.3 Å². The van der Waals surface area contributed by atoms with Crippen LogP contribution in [-0.2, 0) is 19.6 Å². The Hall–Kier alpha value is -3.40. The molecule has 2 heterocycles. The van der Waals surface area contributed by atoms with Gasteiger partial charge in [0.2, 0.25) is 15.9 Å². The summed E-state index contributed by atoms with van der Waals surface area (Å²) in [7, 11) is -3.71. The lowest BCUT2D eigenvalue weighted by Crippen LogP contribution is -2.37. The molecule has 1 saturated heterocycles. The molecule has 194 valence electrons. The van der Waals surface area contributed by atoms with Gasteiger partial charge in [0.15, 0.2) is 0 Å². The molecule has 37 heavy (non-hydrogen) atoms. The van der Waals surface area contributed by atoms with E-state index in [-0.39, 0.29) is 10.8 Å². The van der Waals surface area contributed by atoms with Crippen LogP contribution in [0, 0.1) is 0 Å². The number of anilines is 2. The predicted octanol–water partition coefficient (Wildman–Crippen LogP) is 4.43. The van der Waals surface area contributed by atoms with Gasteiger partial charge in [-0.15, -0.1) is 0 Å². The number of fused-ring (bicyclic) bond motifs is 2. The van der Waals surface area contributed by atoms with Crippen LogP contribution in [0.15, 0.2) is 71.6 Å². The number of hydrogen-bond donors (Lipinski definition) is 1. The van der Waals surface area contributed by atoms with Crippen molar-refractivity contribution in [2.45, 2.75) is 24.7 Å². The molecule has 0 aromatic heterocycles. The number of ether oxygens (including phenoxy) is 2. The van der Waals surface area contributed by atoms with Gasteiger partial charge in [-0.1, -0.05) is 50.2 Å². The van der Waals surface area contributed by atoms with Crippen LogP contribution in [0.5, 0.6) is 11.5 Å². The number of sulfonamides is 1. The van der Waals surface area contributed by atoms with Crippen LogP contribution in [0.4, 0.5) is 11.4 Å². The molecule has 0 bridgehead atoms. The highest BCUT2D eigenvalue weighted by molar-refractivity contribution is 7.89. The Balaban J connectivity index is 1.57. The van der Waals surface area contributed by atoms with Gasteiger partial charge in [-0.05, 0) is 30.3 Å². The van der Waals surface area contributed by atoms with Crippen molar-refractivity contribution < 1.29 is 22.7 Å². The molecule has 2 aliphatic heterocycles. The third-order valence-corrected chi connectivity index (χ3v) is 8.91. The monoisotopic (exact) mass is 521 g/mol. The first-order chi connectivity index (χ1) is 17.9. The third-order valence-electron chi connectivity index (χ3n) is 6.86. The fourth-order valence-electron chi connectivity index (χ4n) is 4.97. The van der Waals surface area contributed by atoms with Gasteiger partial charge in [-0.2, -0.15) is 4.31 Å². The number of hydrogen-bond acceptors (Lipinski definition) is 6. The van der Waals surface area contributed by atoms with Gasteiger partial charge in [-0.3, -0.25) is 4.79 Å². The van der Waals surface area contributed by atoms with E-state index in [2.05, 4.69) is 10.2 Å². The first-order valence-electron chi connectivity index (χ1n) is 12.6. The lowest BCUT2D eigenvalue weighted by atomic mass is 9.87. The highest BCUT2D eigenvalue weighted by Gasteiger charge is 2.33. The van der Waals surface area contributed by atoms with E-state index in [1.54, 1.807) is 18.2 Å². The Labute approximate surface area is 217 Å². The maximum atomic E-state index is 14.0. The molecule has 3 aromatic carbocycles. The van der Waals surface area contributed by atoms with Gasteiger partial charge in [0.25, 0.3) is 0 Å². The average molecular weight is 522 g/mol. The first kappa shape index (κ1) is 25.3. The summed E-state index contributed by atoms with van der Waals surface area (Å²) in [5.41, 5.74) is 2.75. The molecular formula is C28H31N3O5S. The number of nitrogens with one attached hydrogen (secondary N) is 1. The van der Waals surface area contributed by atoms with Crippen LogP contribution < -0.4 is 15.0 Å². The largest absolute Gasteiger partial charge is 0.457 e. The van der Waals surface area contributed by atoms with Gasteiger partial charge < -0.3 is 19.7 Å². The van der Waals surface area contributed by atoms with Crippen molar-refractivity contribution in [1.29, 1.82) is 0 Å². The molecule has 8 nitrogen and oxygen atoms in total. The zero-order valence-corrected chi connectivity index (χ0v) is 21.8. The smallest absolute Gasteiger partial charge is 0.243 e. The third kappa shape index (κ3) is 4.82. The number of benzene rings is 3. The molecular weight excluding hydrogens is 490 g/mol. The fourth-order valence-corrected chi connectivity index (χ4v) is 6.45. The van der Waals surface area contributed by atoms with Crippen molar-refractivity contribution in [3.05, 3.63) is 77.9 Å². The molecule has 0 radical (unpaired) electrons. The second-order valence-electron chi connectivity index (χ2n) is 8.97. The van der Waals surface area contributed by atoms with Crippen LogP contribution in [-0.4, -0.2) is 58.0 Å². The van der Waals surface area contributed by atoms with Gasteiger partial charge in [0, 0.05) is 37.3 Å². The summed E-state index contributed by atoms with van der Waals surface area (Å²) in [5.74, 6) is 0.400. The lowest BCUT2D eigenvalue weighted by Gasteiger charge is -2.32. The number of carbonyl (C=O) groups is 1. The molecule has 1 fully saturated rings. The molecule has 0 atom stereocenters. The average Bonchev–Trinajstić information content (AvgIpc) is 2.92. The van der Waals surface area contributed by atoms with Crippen molar-refractivity contribution in [2.24, 2.45) is 0 Å². The van der Waals surface area contributed by atoms with Crippen LogP contribution in [0.1, 0.15) is 30.9 Å². The van der Waals surface area contributed by atoms with E-state index >= 15 is 0 Å². The minimum atomic E-state index is -3.71. The molecule has 1 N–H and O–H groups in total. The Morgan fingerprint density at radius 3 is 2.14 bits per heavy atom. The Morgan fingerprint density at radius 1 is 0.946 bits per heavy atom. The van der Waals surface area contributed by atoms with E-state index in [9.17, 15) is 13.2 Å². The molecule has 3 aromatic rings. The molecule has 0 saturated carbocycles. The zero-order chi connectivity index (χ0) is 26.0. The van der Waals surface area contributed by atoms with E-state index in [0.29, 0.717) is 56.6 Å². The maximum Gasteiger partial charge on any atom is 0.243 e. The Kier molecular flexibility index (Phi) is 7.19. The van der Waals surface area contributed by atoms with Crippen molar-refractivity contribution in [3.63, 3.8) is 0 Å². The molecule has 9 heteroatoms. The molecule has 0 spiro atoms. The SMILES string of the molecule is CCN(CC)S(=O)(=O)c1ccc(N2CCOCC2)c(NC(=O)C2c3ccccc3Oc3ccccc32)c1. The van der Waals surface area contributed by atoms with Gasteiger partial charge in [0.05, 0.1) is 35.4 Å². The number of rotatable bonds is 7. The molecule has 1 amide bonds. The minimum absolute atomic E-state index is 0.149. The minimum Gasteiger partial charge on any atom is -0.457 e. The summed E-state index contributed by atoms with van der Waals surface area (Å²) in [4.78, 5) is 16.2. The summed E-state index contributed by atoms with van der Waals surface area (Å²) in [6, 6.07) is 20.0. The maximum absolute atomic E-state index is 14.0. The fraction of sp³-hybridized carbons (Fsp3) is 0.321. The van der Waals surface area contributed by atoms with Crippen molar-refractivity contribution in [2.75, 3.05) is 49.6 Å². The van der Waals surface area contributed by atoms with Crippen molar-refractivity contribution in [1.82, 2.24) is 4.31 Å². The summed E-state index contributed by atoms with van der Waals surface area (Å²) < 4.78 is 39.6. The summed E-state index contributed by atoms with van der Waals surface area (Å²) in [6.45, 7) is 6.77. The number of amides is 1. The second kappa shape index (κ2) is 10.5. The van der Waals surface area contributed by atoms with Crippen LogP contribution in [0.3, 0.4) is 0 Å². The van der Waals surface area contributed by atoms with E-state index in [0.717, 1.165) is 16.8 Å². The summed E-state index contributed by atoms with van der Waals surface area (Å²) in [5, 5.41) is 3.09. The Morgan fingerprint density at radius 2 is 1.54 bits per heavy atom. The molecule has 2 aliphatic rings. The number of morpholine rings is 1. The normalized spacial score (nSPS) is 15.6. The topological polar surface area (TPSA) is 88.2 Å². The molecule has 0 aliphatic carbocycles. The number of nitrogens with zero attached hydrogens (tertiary/aromatic N) is 2. The highest BCUT2D eigenvalue weighted by atomic mass is 32.2. The highest BCUT2D eigenvalue weighted by Crippen LogP contribution is 2.44. The van der Waals surface area contributed by atoms with Gasteiger partial charge >= 0.3 is 0 Å². The van der Waals surface area contributed by atoms with E-state index in [1.807, 2.05) is 62.4 Å². The van der Waals surface area contributed by atoms with Crippen LogP contribution in [0.25, 0.3) is 0 Å². The predicted molar refractivity (Wildman–Crippen MR) is 143 cm³/mol. The standard InChI is InChI=1S/C28H31N3O5S/c1-3-31(4-2)37(33,34)20-13-14-24(30-15-17-35-18-16-30)23(19-20)29-28(32)27-21-9-5-7-11-25(21)36-26-12-8-6-10-22(26)27/h5-14,19,27H,3-4,15-18H2,1-2H3,(H,29,32). The lowest BCUT2D eigenvalue weighted by molar-refractivity contribution is -0.116. The van der Waals surface area contributed by atoms with Crippen LogP contribution >= 0.6 is 0 Å².